The van der Waals surface area contributed by atoms with Gasteiger partial charge in [0.05, 0.1) is 11.9 Å². The zero-order valence-electron chi connectivity index (χ0n) is 16.0. The van der Waals surface area contributed by atoms with Gasteiger partial charge < -0.3 is 16.0 Å². The number of amides is 1. The molecule has 156 valence electrons. The molecule has 0 aliphatic heterocycles. The number of rotatable bonds is 7. The molecule has 0 atom stereocenters. The molecule has 0 aliphatic carbocycles. The predicted octanol–water partition coefficient (Wildman–Crippen LogP) is 1.75. The predicted molar refractivity (Wildman–Crippen MR) is 114 cm³/mol. The molecule has 2 aromatic rings. The summed E-state index contributed by atoms with van der Waals surface area (Å²) in [5.41, 5.74) is 0.599. The van der Waals surface area contributed by atoms with Crippen LogP contribution in [0.25, 0.3) is 0 Å². The third-order valence-electron chi connectivity index (χ3n) is 3.71. The van der Waals surface area contributed by atoms with Crippen molar-refractivity contribution in [2.45, 2.75) is 13.8 Å². The van der Waals surface area contributed by atoms with Crippen LogP contribution in [-0.4, -0.2) is 38.4 Å². The van der Waals surface area contributed by atoms with Crippen molar-refractivity contribution >= 4 is 39.4 Å². The van der Waals surface area contributed by atoms with Crippen LogP contribution in [-0.2, 0) is 10.2 Å². The maximum Gasteiger partial charge on any atom is 0.320 e. The highest BCUT2D eigenvalue weighted by Crippen LogP contribution is 2.14. The third kappa shape index (κ3) is 8.46. The van der Waals surface area contributed by atoms with Crippen molar-refractivity contribution in [3.63, 3.8) is 0 Å². The van der Waals surface area contributed by atoms with Crippen molar-refractivity contribution in [1.82, 2.24) is 15.6 Å². The molecule has 0 aliphatic rings. The lowest BCUT2D eigenvalue weighted by molar-refractivity contribution is 0.0937. The van der Waals surface area contributed by atoms with Crippen LogP contribution < -0.4 is 21.1 Å². The van der Waals surface area contributed by atoms with Crippen LogP contribution in [0, 0.1) is 5.41 Å². The zero-order valence-corrected chi connectivity index (χ0v) is 17.6. The molecule has 0 bridgehead atoms. The average molecular weight is 439 g/mol. The average Bonchev–Trinajstić information content (AvgIpc) is 2.65. The summed E-state index contributed by atoms with van der Waals surface area (Å²) in [5.74, 6) is -0.278. The minimum atomic E-state index is -4.11. The van der Waals surface area contributed by atoms with Gasteiger partial charge in [-0.1, -0.05) is 25.4 Å². The molecule has 5 N–H and O–H groups in total. The number of carbonyl (C=O) groups is 1. The Bertz CT molecular complexity index is 963. The summed E-state index contributed by atoms with van der Waals surface area (Å²) in [7, 11) is -4.11. The van der Waals surface area contributed by atoms with E-state index in [9.17, 15) is 13.2 Å². The minimum Gasteiger partial charge on any atom is -0.355 e. The molecule has 2 rings (SSSR count). The van der Waals surface area contributed by atoms with Gasteiger partial charge in [-0.3, -0.25) is 9.78 Å². The highest BCUT2D eigenvalue weighted by atomic mass is 35.5. The second-order valence-electron chi connectivity index (χ2n) is 7.03. The first-order valence-electron chi connectivity index (χ1n) is 8.61. The molecule has 0 saturated heterocycles. The van der Waals surface area contributed by atoms with E-state index in [1.54, 1.807) is 42.6 Å². The van der Waals surface area contributed by atoms with Crippen molar-refractivity contribution in [1.29, 1.82) is 0 Å². The van der Waals surface area contributed by atoms with E-state index in [-0.39, 0.29) is 11.9 Å². The number of nitrogens with two attached hydrogens (primary N) is 1. The van der Waals surface area contributed by atoms with E-state index < -0.39 is 15.6 Å². The fourth-order valence-electron chi connectivity index (χ4n) is 2.21. The first-order valence-corrected chi connectivity index (χ1v) is 10.5. The summed E-state index contributed by atoms with van der Waals surface area (Å²) in [4.78, 5) is 16.2. The van der Waals surface area contributed by atoms with Crippen LogP contribution in [0.2, 0.25) is 5.02 Å². The largest absolute Gasteiger partial charge is 0.355 e. The maximum atomic E-state index is 12.3. The summed E-state index contributed by atoms with van der Waals surface area (Å²) >= 11 is 5.83. The standard InChI is InChI=1S/C18H23ClN6O3S/c1-18(2,11-22-16(26)13-5-7-14(19)8-6-13)12-23-17(25-29(20,27)28)24-15-4-3-9-21-10-15/h3-10H,11-12H2,1-2H3,(H,22,26)(H2,20,27,28)(H2,23,24,25). The molecular weight excluding hydrogens is 416 g/mol. The van der Waals surface area contributed by atoms with Crippen molar-refractivity contribution in [3.05, 3.63) is 59.4 Å². The van der Waals surface area contributed by atoms with Gasteiger partial charge in [0.2, 0.25) is 5.96 Å². The maximum absolute atomic E-state index is 12.3. The first kappa shape index (κ1) is 22.6. The molecule has 0 fully saturated rings. The lowest BCUT2D eigenvalue weighted by Crippen LogP contribution is -2.44. The second kappa shape index (κ2) is 9.68. The summed E-state index contributed by atoms with van der Waals surface area (Å²) in [6, 6.07) is 9.94. The van der Waals surface area contributed by atoms with E-state index in [1.165, 1.54) is 6.20 Å². The Labute approximate surface area is 175 Å². The summed E-state index contributed by atoms with van der Waals surface area (Å²) in [5, 5.41) is 14.2. The van der Waals surface area contributed by atoms with Crippen LogP contribution >= 0.6 is 11.6 Å². The van der Waals surface area contributed by atoms with Gasteiger partial charge in [0.25, 0.3) is 5.91 Å². The number of nitrogens with zero attached hydrogens (tertiary/aromatic N) is 2. The number of aromatic nitrogens is 1. The molecule has 1 aromatic heterocycles. The fourth-order valence-corrected chi connectivity index (χ4v) is 2.70. The van der Waals surface area contributed by atoms with Gasteiger partial charge in [-0.2, -0.15) is 8.42 Å². The van der Waals surface area contributed by atoms with Gasteiger partial charge in [0.15, 0.2) is 0 Å². The van der Waals surface area contributed by atoms with Crippen molar-refractivity contribution in [2.75, 3.05) is 18.4 Å². The summed E-state index contributed by atoms with van der Waals surface area (Å²) in [6.45, 7) is 4.44. The van der Waals surface area contributed by atoms with Crippen molar-refractivity contribution in [2.24, 2.45) is 15.0 Å². The van der Waals surface area contributed by atoms with Gasteiger partial charge in [0.1, 0.15) is 0 Å². The van der Waals surface area contributed by atoms with Crippen molar-refractivity contribution in [3.8, 4) is 0 Å². The molecule has 11 heteroatoms. The van der Waals surface area contributed by atoms with Gasteiger partial charge >= 0.3 is 10.2 Å². The topological polar surface area (TPSA) is 139 Å². The monoisotopic (exact) mass is 438 g/mol. The highest BCUT2D eigenvalue weighted by Gasteiger charge is 2.20. The van der Waals surface area contributed by atoms with Crippen LogP contribution in [0.15, 0.2) is 53.2 Å². The molecule has 1 heterocycles. The van der Waals surface area contributed by atoms with E-state index >= 15 is 0 Å². The van der Waals surface area contributed by atoms with E-state index in [0.29, 0.717) is 29.4 Å². The Morgan fingerprint density at radius 2 is 1.83 bits per heavy atom. The lowest BCUT2D eigenvalue weighted by Gasteiger charge is -2.26. The Balaban J connectivity index is 1.98. The summed E-state index contributed by atoms with van der Waals surface area (Å²) in [6.07, 6.45) is 3.10. The van der Waals surface area contributed by atoms with Crippen LogP contribution in [0.3, 0.4) is 0 Å². The van der Waals surface area contributed by atoms with Gasteiger partial charge in [0, 0.05) is 29.9 Å². The van der Waals surface area contributed by atoms with E-state index in [4.69, 9.17) is 16.7 Å². The molecule has 0 spiro atoms. The Morgan fingerprint density at radius 1 is 1.17 bits per heavy atom. The zero-order chi connectivity index (χ0) is 21.5. The second-order valence-corrected chi connectivity index (χ2v) is 8.68. The number of halogens is 1. The lowest BCUT2D eigenvalue weighted by atomic mass is 9.93. The third-order valence-corrected chi connectivity index (χ3v) is 4.40. The van der Waals surface area contributed by atoms with Crippen molar-refractivity contribution < 1.29 is 13.2 Å². The molecule has 29 heavy (non-hydrogen) atoms. The molecule has 1 aromatic carbocycles. The van der Waals surface area contributed by atoms with Gasteiger partial charge in [-0.05, 0) is 41.8 Å². The number of pyridine rings is 1. The van der Waals surface area contributed by atoms with E-state index in [2.05, 4.69) is 25.3 Å². The molecule has 9 nitrogen and oxygen atoms in total. The summed E-state index contributed by atoms with van der Waals surface area (Å²) < 4.78 is 26.2. The number of anilines is 1. The van der Waals surface area contributed by atoms with Crippen LogP contribution in [0.1, 0.15) is 24.2 Å². The van der Waals surface area contributed by atoms with Gasteiger partial charge in [-0.25, -0.2) is 5.14 Å². The first-order chi connectivity index (χ1) is 13.5. The normalized spacial score (nSPS) is 12.3. The quantitative estimate of drug-likeness (QED) is 0.383. The smallest absolute Gasteiger partial charge is 0.320 e. The Kier molecular flexibility index (Phi) is 7.54. The Morgan fingerprint density at radius 3 is 2.41 bits per heavy atom. The minimum absolute atomic E-state index is 0.0439. The SMILES string of the molecule is CC(C)(CNC(=O)c1ccc(Cl)cc1)CNC(=NS(N)(=O)=O)Nc1cccnc1. The number of carbonyl (C=O) groups excluding carboxylic acids is 1. The number of hydrogen-bond donors (Lipinski definition) is 4. The molecule has 0 unspecified atom stereocenters. The highest BCUT2D eigenvalue weighted by molar-refractivity contribution is 7.88. The number of benzene rings is 1. The fraction of sp³-hybridized carbons (Fsp3) is 0.278. The molecule has 1 amide bonds. The Hall–Kier alpha value is -2.69. The number of hydrogen-bond acceptors (Lipinski definition) is 4. The number of nitrogens with one attached hydrogen (secondary N) is 3. The van der Waals surface area contributed by atoms with E-state index in [1.807, 2.05) is 13.8 Å². The van der Waals surface area contributed by atoms with Crippen LogP contribution in [0.5, 0.6) is 0 Å². The van der Waals surface area contributed by atoms with Gasteiger partial charge in [-0.15, -0.1) is 4.40 Å². The molecule has 0 radical (unpaired) electrons. The molecule has 0 saturated carbocycles. The van der Waals surface area contributed by atoms with Crippen LogP contribution in [0.4, 0.5) is 5.69 Å². The molecular formula is C18H23ClN6O3S. The number of guanidine groups is 1. The van der Waals surface area contributed by atoms with E-state index in [0.717, 1.165) is 0 Å².